The molecular weight excluding hydrogens is 647 g/mol. The smallest absolute Gasteiger partial charge is 0.407 e. The van der Waals surface area contributed by atoms with Crippen molar-refractivity contribution >= 4 is 78.1 Å². The number of rotatable bonds is 14. The second kappa shape index (κ2) is 15.1. The lowest BCUT2D eigenvalue weighted by atomic mass is 9.91. The summed E-state index contributed by atoms with van der Waals surface area (Å²) in [5.74, 6) is 0.896. The molecule has 0 spiro atoms. The third-order valence-corrected chi connectivity index (χ3v) is 11.8. The summed E-state index contributed by atoms with van der Waals surface area (Å²) >= 11 is 5.24. The number of alkyl carbamates (subject to hydrolysis) is 1. The molecule has 6 rings (SSSR count). The molecule has 0 radical (unpaired) electrons. The number of aromatic amines is 1. The Balaban J connectivity index is 1.19. The summed E-state index contributed by atoms with van der Waals surface area (Å²) in [4.78, 5) is 33.2. The van der Waals surface area contributed by atoms with Crippen LogP contribution in [0.15, 0.2) is 114 Å². The second-order valence-corrected chi connectivity index (χ2v) is 14.2. The Kier molecular flexibility index (Phi) is 10.5. The summed E-state index contributed by atoms with van der Waals surface area (Å²) in [6.45, 7) is 5.93. The highest BCUT2D eigenvalue weighted by molar-refractivity contribution is 8.00. The molecule has 0 bridgehead atoms. The number of para-hydroxylation sites is 2. The predicted octanol–water partition coefficient (Wildman–Crippen LogP) is 9.33. The second-order valence-electron chi connectivity index (χ2n) is 11.2. The average molecular weight is 682 g/mol. The molecule has 0 aliphatic rings. The monoisotopic (exact) mass is 681 g/mol. The van der Waals surface area contributed by atoms with Gasteiger partial charge >= 0.3 is 12.1 Å². The van der Waals surface area contributed by atoms with Crippen LogP contribution >= 0.6 is 34.9 Å². The Morgan fingerprint density at radius 3 is 2.60 bits per heavy atom. The number of carbonyl (C=O) groups is 2. The van der Waals surface area contributed by atoms with Gasteiger partial charge in [-0.1, -0.05) is 85.9 Å². The normalized spacial score (nSPS) is 12.6. The van der Waals surface area contributed by atoms with Gasteiger partial charge in [0.25, 0.3) is 0 Å². The van der Waals surface area contributed by atoms with Crippen LogP contribution in [0.4, 0.5) is 4.79 Å². The van der Waals surface area contributed by atoms with Crippen LogP contribution in [0.3, 0.4) is 0 Å². The maximum Gasteiger partial charge on any atom is 0.407 e. The Morgan fingerprint density at radius 1 is 0.957 bits per heavy atom. The number of hydrogen-bond donors (Lipinski definition) is 2. The van der Waals surface area contributed by atoms with Crippen LogP contribution in [0.25, 0.3) is 42.3 Å². The van der Waals surface area contributed by atoms with Crippen molar-refractivity contribution < 1.29 is 19.1 Å². The maximum atomic E-state index is 12.6. The Bertz CT molecular complexity index is 2000. The van der Waals surface area contributed by atoms with E-state index in [1.54, 1.807) is 23.5 Å². The van der Waals surface area contributed by atoms with Gasteiger partial charge < -0.3 is 19.8 Å². The highest BCUT2D eigenvalue weighted by Gasteiger charge is 2.31. The van der Waals surface area contributed by atoms with Gasteiger partial charge in [-0.2, -0.15) is 0 Å². The van der Waals surface area contributed by atoms with E-state index in [9.17, 15) is 9.59 Å². The van der Waals surface area contributed by atoms with E-state index in [-0.39, 0.29) is 25.2 Å². The summed E-state index contributed by atoms with van der Waals surface area (Å²) in [7, 11) is 0. The van der Waals surface area contributed by atoms with Gasteiger partial charge in [0.2, 0.25) is 0 Å². The molecule has 240 valence electrons. The fraction of sp³-hybridized carbons (Fsp3) is 0.216. The highest BCUT2D eigenvalue weighted by atomic mass is 32.2. The molecule has 4 aromatic carbocycles. The summed E-state index contributed by atoms with van der Waals surface area (Å²) in [5.41, 5.74) is 3.97. The zero-order valence-electron chi connectivity index (χ0n) is 26.0. The molecule has 1 unspecified atom stereocenters. The van der Waals surface area contributed by atoms with Gasteiger partial charge in [0, 0.05) is 48.1 Å². The van der Waals surface area contributed by atoms with Crippen molar-refractivity contribution in [1.82, 2.24) is 15.3 Å². The van der Waals surface area contributed by atoms with Crippen LogP contribution in [-0.4, -0.2) is 53.3 Å². The fourth-order valence-electron chi connectivity index (χ4n) is 5.25. The van der Waals surface area contributed by atoms with Crippen LogP contribution in [0.2, 0.25) is 0 Å². The van der Waals surface area contributed by atoms with E-state index in [0.29, 0.717) is 5.75 Å². The van der Waals surface area contributed by atoms with E-state index >= 15 is 0 Å². The Hall–Kier alpha value is -4.25. The summed E-state index contributed by atoms with van der Waals surface area (Å²) < 4.78 is 13.3. The largest absolute Gasteiger partial charge is 0.461 e. The zero-order chi connectivity index (χ0) is 32.6. The molecule has 2 N–H and O–H groups in total. The third-order valence-electron chi connectivity index (χ3n) is 8.02. The lowest BCUT2D eigenvalue weighted by Gasteiger charge is -2.31. The van der Waals surface area contributed by atoms with Gasteiger partial charge in [-0.05, 0) is 47.9 Å². The number of hydrogen-bond acceptors (Lipinski definition) is 8. The van der Waals surface area contributed by atoms with Crippen molar-refractivity contribution in [1.29, 1.82) is 0 Å². The van der Waals surface area contributed by atoms with E-state index in [1.165, 1.54) is 31.3 Å². The maximum absolute atomic E-state index is 12.6. The minimum Gasteiger partial charge on any atom is -0.461 e. The van der Waals surface area contributed by atoms with Crippen molar-refractivity contribution in [2.45, 2.75) is 23.4 Å². The van der Waals surface area contributed by atoms with Crippen LogP contribution in [0, 0.1) is 5.41 Å². The summed E-state index contributed by atoms with van der Waals surface area (Å²) in [5, 5.41) is 6.07. The molecule has 6 aromatic rings. The van der Waals surface area contributed by atoms with E-state index in [0.717, 1.165) is 39.3 Å². The van der Waals surface area contributed by atoms with Crippen LogP contribution in [0.1, 0.15) is 13.3 Å². The van der Waals surface area contributed by atoms with E-state index in [4.69, 9.17) is 14.5 Å². The highest BCUT2D eigenvalue weighted by Crippen LogP contribution is 2.41. The topological polar surface area (TPSA) is 93.3 Å². The summed E-state index contributed by atoms with van der Waals surface area (Å²) in [6, 6.07) is 31.8. The lowest BCUT2D eigenvalue weighted by Crippen LogP contribution is -2.36. The van der Waals surface area contributed by atoms with Gasteiger partial charge in [0.15, 0.2) is 5.16 Å². The zero-order valence-corrected chi connectivity index (χ0v) is 28.4. The number of amides is 1. The first-order valence-electron chi connectivity index (χ1n) is 15.4. The molecule has 0 aliphatic heterocycles. The van der Waals surface area contributed by atoms with Crippen molar-refractivity contribution in [2.24, 2.45) is 5.41 Å². The van der Waals surface area contributed by atoms with Crippen molar-refractivity contribution in [2.75, 3.05) is 31.3 Å². The predicted molar refractivity (Wildman–Crippen MR) is 196 cm³/mol. The van der Waals surface area contributed by atoms with Gasteiger partial charge in [0.1, 0.15) is 13.2 Å². The fourth-order valence-corrected chi connectivity index (χ4v) is 9.04. The molecule has 0 aliphatic carbocycles. The summed E-state index contributed by atoms with van der Waals surface area (Å²) in [6.07, 6.45) is 1.33. The number of carbonyl (C=O) groups excluding carboxylic acids is 2. The Morgan fingerprint density at radius 2 is 1.74 bits per heavy atom. The first-order valence-corrected chi connectivity index (χ1v) is 18.2. The number of thiophene rings is 1. The lowest BCUT2D eigenvalue weighted by molar-refractivity contribution is -0.137. The van der Waals surface area contributed by atoms with Crippen LogP contribution < -0.4 is 5.32 Å². The average Bonchev–Trinajstić information content (AvgIpc) is 3.71. The van der Waals surface area contributed by atoms with E-state index < -0.39 is 12.1 Å². The first-order chi connectivity index (χ1) is 23.0. The Labute approximate surface area is 286 Å². The van der Waals surface area contributed by atoms with Crippen molar-refractivity contribution in [3.63, 3.8) is 0 Å². The molecule has 1 amide bonds. The minimum absolute atomic E-state index is 0.0438. The van der Waals surface area contributed by atoms with Crippen molar-refractivity contribution in [3.8, 4) is 11.1 Å². The molecule has 0 saturated heterocycles. The van der Waals surface area contributed by atoms with Gasteiger partial charge in [-0.15, -0.1) is 23.1 Å². The number of benzene rings is 4. The number of ether oxygens (including phenoxy) is 2. The van der Waals surface area contributed by atoms with Crippen LogP contribution in [-0.2, 0) is 14.3 Å². The number of H-pyrrole nitrogens is 1. The van der Waals surface area contributed by atoms with Gasteiger partial charge in [0.05, 0.1) is 17.6 Å². The van der Waals surface area contributed by atoms with E-state index in [2.05, 4.69) is 90.5 Å². The molecule has 7 nitrogen and oxygen atoms in total. The number of esters is 1. The first kappa shape index (κ1) is 32.7. The SMILES string of the molecule is C=CC(=O)OCCNC(=O)OCC(CC)(CSc1cccc(-c2cccc3c2sc2ccccc23)c1)CSc1nc2ccccc2[nH]1. The molecule has 2 heterocycles. The number of nitrogens with zero attached hydrogens (tertiary/aromatic N) is 1. The number of imidazole rings is 1. The van der Waals surface area contributed by atoms with Crippen LogP contribution in [0.5, 0.6) is 0 Å². The number of fused-ring (bicyclic) bond motifs is 4. The number of aromatic nitrogens is 2. The number of thioether (sulfide) groups is 2. The molecule has 1 atom stereocenters. The molecule has 2 aromatic heterocycles. The van der Waals surface area contributed by atoms with Gasteiger partial charge in [-0.25, -0.2) is 14.6 Å². The molecule has 10 heteroatoms. The van der Waals surface area contributed by atoms with E-state index in [1.807, 2.05) is 35.6 Å². The third kappa shape index (κ3) is 7.84. The molecule has 47 heavy (non-hydrogen) atoms. The number of nitrogens with one attached hydrogen (secondary N) is 2. The van der Waals surface area contributed by atoms with Crippen molar-refractivity contribution in [3.05, 3.63) is 104 Å². The minimum atomic E-state index is -0.547. The molecular formula is C37H35N3O4S3. The quantitative estimate of drug-likeness (QED) is 0.0512. The standard InChI is InChI=1S/C37H35N3O4S3/c1-3-33(41)43-20-19-38-36(42)44-22-37(4-2,24-46-35-39-30-16-6-7-17-31(30)40-35)23-45-26-12-9-11-25(21-26)27-14-10-15-29-28-13-5-8-18-32(28)47-34(27)29/h3,5-18,21H,1,4,19-20,22-24H2,2H3,(H,38,42)(H,39,40). The molecule has 0 saturated carbocycles. The van der Waals surface area contributed by atoms with Gasteiger partial charge in [-0.3, -0.25) is 0 Å². The molecule has 0 fully saturated rings.